The standard InChI is InChI=1S/C21H29FN2O3/c1-12(2)17-8-13(4-5-18(17)22)14-6-16(7-14)24(3)19(25)15-9-21(10-15)11-27-20(26)23-21/h4-5,8,12,14-16,20,23,26H,6-7,9-11H2,1-3H3. The van der Waals surface area contributed by atoms with Crippen molar-refractivity contribution in [2.75, 3.05) is 13.7 Å². The Hall–Kier alpha value is -1.50. The molecule has 2 aliphatic carbocycles. The van der Waals surface area contributed by atoms with Gasteiger partial charge in [0.1, 0.15) is 5.82 Å². The van der Waals surface area contributed by atoms with E-state index in [1.807, 2.05) is 37.9 Å². The van der Waals surface area contributed by atoms with Crippen LogP contribution in [0, 0.1) is 11.7 Å². The van der Waals surface area contributed by atoms with Gasteiger partial charge in [-0.25, -0.2) is 4.39 Å². The van der Waals surface area contributed by atoms with E-state index in [-0.39, 0.29) is 35.1 Å². The number of hydrogen-bond donors (Lipinski definition) is 2. The second kappa shape index (κ2) is 6.83. The maximum atomic E-state index is 13.9. The van der Waals surface area contributed by atoms with Crippen LogP contribution in [0.5, 0.6) is 0 Å². The normalized spacial score (nSPS) is 35.2. The molecule has 1 aliphatic heterocycles. The molecule has 27 heavy (non-hydrogen) atoms. The number of nitrogens with zero attached hydrogens (tertiary/aromatic N) is 1. The van der Waals surface area contributed by atoms with E-state index in [9.17, 15) is 14.3 Å². The minimum Gasteiger partial charge on any atom is -0.356 e. The van der Waals surface area contributed by atoms with Gasteiger partial charge in [-0.2, -0.15) is 0 Å². The van der Waals surface area contributed by atoms with E-state index in [2.05, 4.69) is 5.32 Å². The molecule has 1 unspecified atom stereocenters. The Morgan fingerprint density at radius 2 is 2.07 bits per heavy atom. The Balaban J connectivity index is 1.31. The molecule has 0 radical (unpaired) electrons. The number of amides is 1. The van der Waals surface area contributed by atoms with Gasteiger partial charge in [-0.05, 0) is 54.7 Å². The Labute approximate surface area is 159 Å². The van der Waals surface area contributed by atoms with Crippen molar-refractivity contribution >= 4 is 5.91 Å². The lowest BCUT2D eigenvalue weighted by molar-refractivity contribution is -0.143. The Morgan fingerprint density at radius 1 is 1.37 bits per heavy atom. The zero-order chi connectivity index (χ0) is 19.3. The van der Waals surface area contributed by atoms with Crippen LogP contribution >= 0.6 is 0 Å². The first-order valence-corrected chi connectivity index (χ1v) is 9.91. The predicted octanol–water partition coefficient (Wildman–Crippen LogP) is 2.70. The predicted molar refractivity (Wildman–Crippen MR) is 99.6 cm³/mol. The number of halogens is 1. The molecule has 1 aromatic carbocycles. The summed E-state index contributed by atoms with van der Waals surface area (Å²) in [6.45, 7) is 4.48. The van der Waals surface area contributed by atoms with Crippen LogP contribution in [-0.4, -0.2) is 47.6 Å². The van der Waals surface area contributed by atoms with Crippen molar-refractivity contribution in [2.24, 2.45) is 5.92 Å². The number of ether oxygens (including phenoxy) is 1. The van der Waals surface area contributed by atoms with Crippen LogP contribution in [0.2, 0.25) is 0 Å². The average molecular weight is 376 g/mol. The van der Waals surface area contributed by atoms with Crippen LogP contribution in [0.4, 0.5) is 4.39 Å². The van der Waals surface area contributed by atoms with Crippen LogP contribution < -0.4 is 5.32 Å². The van der Waals surface area contributed by atoms with Crippen molar-refractivity contribution in [2.45, 2.75) is 69.4 Å². The third-order valence-electron chi connectivity index (χ3n) is 6.69. The second-order valence-corrected chi connectivity index (χ2v) is 8.90. The van der Waals surface area contributed by atoms with E-state index < -0.39 is 6.41 Å². The highest BCUT2D eigenvalue weighted by Gasteiger charge is 2.53. The Bertz CT molecular complexity index is 726. The van der Waals surface area contributed by atoms with Gasteiger partial charge in [0.15, 0.2) is 0 Å². The minimum absolute atomic E-state index is 0.00816. The van der Waals surface area contributed by atoms with Gasteiger partial charge in [0.05, 0.1) is 6.61 Å². The first-order valence-electron chi connectivity index (χ1n) is 9.91. The largest absolute Gasteiger partial charge is 0.356 e. The maximum absolute atomic E-state index is 13.9. The van der Waals surface area contributed by atoms with E-state index >= 15 is 0 Å². The van der Waals surface area contributed by atoms with Crippen molar-refractivity contribution in [3.8, 4) is 0 Å². The molecule has 1 spiro atoms. The molecule has 1 heterocycles. The minimum atomic E-state index is -0.905. The fourth-order valence-corrected chi connectivity index (χ4v) is 4.78. The smallest absolute Gasteiger partial charge is 0.225 e. The third-order valence-corrected chi connectivity index (χ3v) is 6.69. The van der Waals surface area contributed by atoms with Gasteiger partial charge in [-0.15, -0.1) is 0 Å². The van der Waals surface area contributed by atoms with Gasteiger partial charge in [0, 0.05) is 24.5 Å². The molecule has 6 heteroatoms. The molecular weight excluding hydrogens is 347 g/mol. The fraction of sp³-hybridized carbons (Fsp3) is 0.667. The summed E-state index contributed by atoms with van der Waals surface area (Å²) in [6.07, 6.45) is 2.41. The molecular formula is C21H29FN2O3. The SMILES string of the molecule is CC(C)c1cc(C2CC(N(C)C(=O)C3CC4(COC(O)N4)C3)C2)ccc1F. The summed E-state index contributed by atoms with van der Waals surface area (Å²) in [5.41, 5.74) is 1.74. The highest BCUT2D eigenvalue weighted by Crippen LogP contribution is 2.45. The molecule has 2 saturated carbocycles. The number of aliphatic hydroxyl groups is 1. The quantitative estimate of drug-likeness (QED) is 0.848. The summed E-state index contributed by atoms with van der Waals surface area (Å²) in [5, 5.41) is 12.5. The number of carbonyl (C=O) groups excluding carboxylic acids is 1. The highest BCUT2D eigenvalue weighted by atomic mass is 19.1. The molecule has 3 aliphatic rings. The molecule has 2 N–H and O–H groups in total. The van der Waals surface area contributed by atoms with Crippen LogP contribution in [0.3, 0.4) is 0 Å². The van der Waals surface area contributed by atoms with E-state index in [1.54, 1.807) is 6.07 Å². The highest BCUT2D eigenvalue weighted by molar-refractivity contribution is 5.80. The maximum Gasteiger partial charge on any atom is 0.225 e. The van der Waals surface area contributed by atoms with E-state index in [1.165, 1.54) is 5.56 Å². The topological polar surface area (TPSA) is 61.8 Å². The van der Waals surface area contributed by atoms with Crippen LogP contribution in [-0.2, 0) is 9.53 Å². The Kier molecular flexibility index (Phi) is 4.77. The van der Waals surface area contributed by atoms with E-state index in [0.717, 1.165) is 31.2 Å². The number of hydrogen-bond acceptors (Lipinski definition) is 4. The molecule has 4 rings (SSSR count). The number of benzene rings is 1. The summed E-state index contributed by atoms with van der Waals surface area (Å²) >= 11 is 0. The zero-order valence-corrected chi connectivity index (χ0v) is 16.2. The van der Waals surface area contributed by atoms with Crippen molar-refractivity contribution < 1.29 is 19.0 Å². The lowest BCUT2D eigenvalue weighted by atomic mass is 9.67. The summed E-state index contributed by atoms with van der Waals surface area (Å²) in [7, 11) is 1.89. The van der Waals surface area contributed by atoms with Crippen molar-refractivity contribution in [3.63, 3.8) is 0 Å². The second-order valence-electron chi connectivity index (χ2n) is 8.90. The summed E-state index contributed by atoms with van der Waals surface area (Å²) in [5.74, 6) is 0.632. The van der Waals surface area contributed by atoms with Crippen molar-refractivity contribution in [1.29, 1.82) is 0 Å². The van der Waals surface area contributed by atoms with Gasteiger partial charge in [-0.1, -0.05) is 26.0 Å². The first-order chi connectivity index (χ1) is 12.8. The molecule has 0 bridgehead atoms. The van der Waals surface area contributed by atoms with E-state index in [4.69, 9.17) is 4.74 Å². The third kappa shape index (κ3) is 3.39. The monoisotopic (exact) mass is 376 g/mol. The molecule has 0 aromatic heterocycles. The zero-order valence-electron chi connectivity index (χ0n) is 16.2. The summed E-state index contributed by atoms with van der Waals surface area (Å²) in [6, 6.07) is 5.71. The molecule has 1 amide bonds. The summed E-state index contributed by atoms with van der Waals surface area (Å²) in [4.78, 5) is 14.7. The van der Waals surface area contributed by atoms with Crippen LogP contribution in [0.1, 0.15) is 62.5 Å². The number of rotatable bonds is 4. The molecule has 1 atom stereocenters. The lowest BCUT2D eigenvalue weighted by Gasteiger charge is -2.48. The molecule has 3 fully saturated rings. The fourth-order valence-electron chi connectivity index (χ4n) is 4.78. The molecule has 1 aromatic rings. The number of nitrogens with one attached hydrogen (secondary N) is 1. The van der Waals surface area contributed by atoms with Gasteiger partial charge in [0.25, 0.3) is 0 Å². The number of aliphatic hydroxyl groups excluding tert-OH is 1. The van der Waals surface area contributed by atoms with Crippen molar-refractivity contribution in [3.05, 3.63) is 35.1 Å². The molecule has 5 nitrogen and oxygen atoms in total. The molecule has 148 valence electrons. The van der Waals surface area contributed by atoms with Gasteiger partial charge in [-0.3, -0.25) is 10.1 Å². The number of carbonyl (C=O) groups is 1. The van der Waals surface area contributed by atoms with Gasteiger partial charge >= 0.3 is 0 Å². The Morgan fingerprint density at radius 3 is 2.67 bits per heavy atom. The first kappa shape index (κ1) is 18.8. The lowest BCUT2D eigenvalue weighted by Crippen LogP contribution is -2.59. The van der Waals surface area contributed by atoms with Gasteiger partial charge in [0.2, 0.25) is 12.3 Å². The molecule has 1 saturated heterocycles. The summed E-state index contributed by atoms with van der Waals surface area (Å²) < 4.78 is 19.1. The van der Waals surface area contributed by atoms with Crippen LogP contribution in [0.25, 0.3) is 0 Å². The van der Waals surface area contributed by atoms with Crippen LogP contribution in [0.15, 0.2) is 18.2 Å². The average Bonchev–Trinajstić information content (AvgIpc) is 2.94. The van der Waals surface area contributed by atoms with Gasteiger partial charge < -0.3 is 14.7 Å². The van der Waals surface area contributed by atoms with Crippen molar-refractivity contribution in [1.82, 2.24) is 10.2 Å². The van der Waals surface area contributed by atoms with E-state index in [0.29, 0.717) is 12.5 Å².